The Kier molecular flexibility index (Phi) is 8.72. The molecule has 0 spiro atoms. The van der Waals surface area contributed by atoms with Crippen LogP contribution in [-0.2, 0) is 10.8 Å². The van der Waals surface area contributed by atoms with Gasteiger partial charge in [0, 0.05) is 27.9 Å². The van der Waals surface area contributed by atoms with Crippen LogP contribution in [0, 0.1) is 0 Å². The van der Waals surface area contributed by atoms with Gasteiger partial charge in [0.15, 0.2) is 0 Å². The Balaban J connectivity index is 0.988. The van der Waals surface area contributed by atoms with E-state index in [2.05, 4.69) is 233 Å². The first-order chi connectivity index (χ1) is 29.8. The van der Waals surface area contributed by atoms with Gasteiger partial charge in [-0.15, -0.1) is 0 Å². The predicted octanol–water partition coefficient (Wildman–Crippen LogP) is 16.5. The van der Waals surface area contributed by atoms with Crippen LogP contribution in [0.5, 0.6) is 0 Å². The van der Waals surface area contributed by atoms with Crippen LogP contribution in [-0.4, -0.2) is 0 Å². The van der Waals surface area contributed by atoms with Crippen molar-refractivity contribution < 1.29 is 0 Å². The van der Waals surface area contributed by atoms with E-state index in [0.717, 1.165) is 29.9 Å². The fraction of sp³-hybridized carbons (Fsp3) is 0.133. The van der Waals surface area contributed by atoms with E-state index in [0.29, 0.717) is 0 Å². The van der Waals surface area contributed by atoms with E-state index in [1.807, 2.05) is 0 Å². The van der Waals surface area contributed by atoms with E-state index in [-0.39, 0.29) is 10.8 Å². The molecule has 8 aromatic carbocycles. The molecule has 11 rings (SSSR count). The number of nitrogens with zero attached hydrogens (tertiary/aromatic N) is 1. The molecule has 0 fully saturated rings. The molecule has 1 nitrogen and oxygen atoms in total. The minimum Gasteiger partial charge on any atom is -0.310 e. The predicted molar refractivity (Wildman–Crippen MR) is 259 cm³/mol. The molecule has 8 aromatic rings. The molecule has 294 valence electrons. The second kappa shape index (κ2) is 14.4. The summed E-state index contributed by atoms with van der Waals surface area (Å²) in [6, 6.07) is 67.8. The maximum absolute atomic E-state index is 2.55. The Morgan fingerprint density at radius 2 is 0.869 bits per heavy atom. The van der Waals surface area contributed by atoms with Crippen LogP contribution in [0.25, 0.3) is 61.2 Å². The third kappa shape index (κ3) is 6.14. The molecule has 0 unspecified atom stereocenters. The van der Waals surface area contributed by atoms with Crippen molar-refractivity contribution in [2.45, 2.75) is 51.4 Å². The number of para-hydroxylation sites is 1. The van der Waals surface area contributed by atoms with Crippen LogP contribution in [0.3, 0.4) is 0 Å². The Labute approximate surface area is 361 Å². The van der Waals surface area contributed by atoms with Gasteiger partial charge in [-0.25, -0.2) is 0 Å². The van der Waals surface area contributed by atoms with Gasteiger partial charge in [-0.3, -0.25) is 0 Å². The van der Waals surface area contributed by atoms with Gasteiger partial charge in [0.25, 0.3) is 0 Å². The molecule has 0 radical (unpaired) electrons. The van der Waals surface area contributed by atoms with E-state index >= 15 is 0 Å². The molecule has 0 saturated heterocycles. The number of rotatable bonds is 7. The van der Waals surface area contributed by atoms with Crippen molar-refractivity contribution in [3.8, 4) is 55.6 Å². The maximum atomic E-state index is 2.55. The first-order valence-corrected chi connectivity index (χ1v) is 21.8. The van der Waals surface area contributed by atoms with Crippen LogP contribution >= 0.6 is 0 Å². The molecule has 0 atom stereocenters. The molecule has 3 aliphatic rings. The highest BCUT2D eigenvalue weighted by atomic mass is 15.1. The van der Waals surface area contributed by atoms with Crippen molar-refractivity contribution in [2.75, 3.05) is 4.90 Å². The molecule has 1 heteroatoms. The van der Waals surface area contributed by atoms with Crippen molar-refractivity contribution in [3.63, 3.8) is 0 Å². The minimum absolute atomic E-state index is 0.185. The van der Waals surface area contributed by atoms with Crippen molar-refractivity contribution in [3.05, 3.63) is 228 Å². The second-order valence-corrected chi connectivity index (χ2v) is 18.0. The Morgan fingerprint density at radius 1 is 0.361 bits per heavy atom. The third-order valence-corrected chi connectivity index (χ3v) is 13.7. The van der Waals surface area contributed by atoms with Gasteiger partial charge in [0.2, 0.25) is 0 Å². The summed E-state index contributed by atoms with van der Waals surface area (Å²) in [5.74, 6) is 0. The Morgan fingerprint density at radius 3 is 1.52 bits per heavy atom. The molecule has 0 saturated carbocycles. The summed E-state index contributed by atoms with van der Waals surface area (Å²) in [5.41, 5.74) is 24.1. The molecule has 0 aromatic heterocycles. The van der Waals surface area contributed by atoms with Crippen molar-refractivity contribution in [1.82, 2.24) is 0 Å². The van der Waals surface area contributed by atoms with Gasteiger partial charge in [-0.1, -0.05) is 167 Å². The average molecular weight is 784 g/mol. The van der Waals surface area contributed by atoms with Crippen molar-refractivity contribution in [2.24, 2.45) is 0 Å². The maximum Gasteiger partial charge on any atom is 0.0465 e. The number of hydrogen-bond donors (Lipinski definition) is 0. The molecular weight excluding hydrogens is 735 g/mol. The summed E-state index contributed by atoms with van der Waals surface area (Å²) in [6.07, 6.45) is 9.11. The summed E-state index contributed by atoms with van der Waals surface area (Å²) in [5, 5.41) is 0. The molecule has 3 aliphatic carbocycles. The smallest absolute Gasteiger partial charge is 0.0465 e. The van der Waals surface area contributed by atoms with E-state index < -0.39 is 0 Å². The average Bonchev–Trinajstić information content (AvgIpc) is 3.68. The molecule has 61 heavy (non-hydrogen) atoms. The van der Waals surface area contributed by atoms with Gasteiger partial charge in [-0.05, 0) is 163 Å². The lowest BCUT2D eigenvalue weighted by molar-refractivity contribution is 0.653. The monoisotopic (exact) mass is 783 g/mol. The fourth-order valence-corrected chi connectivity index (χ4v) is 10.5. The van der Waals surface area contributed by atoms with Crippen molar-refractivity contribution in [1.29, 1.82) is 0 Å². The summed E-state index contributed by atoms with van der Waals surface area (Å²) in [6.45, 7) is 9.68. The first kappa shape index (κ1) is 37.1. The number of hydrogen-bond acceptors (Lipinski definition) is 1. The second-order valence-electron chi connectivity index (χ2n) is 18.0. The van der Waals surface area contributed by atoms with Crippen molar-refractivity contribution >= 4 is 22.6 Å². The van der Waals surface area contributed by atoms with Gasteiger partial charge < -0.3 is 4.90 Å². The molecular formula is C60H49N. The largest absolute Gasteiger partial charge is 0.310 e. The van der Waals surface area contributed by atoms with Gasteiger partial charge in [0.1, 0.15) is 0 Å². The lowest BCUT2D eigenvalue weighted by Crippen LogP contribution is -2.18. The zero-order valence-electron chi connectivity index (χ0n) is 35.4. The van der Waals surface area contributed by atoms with Crippen LogP contribution in [0.4, 0.5) is 17.1 Å². The number of allylic oxidation sites excluding steroid dienone is 4. The number of fused-ring (bicyclic) bond motifs is 6. The van der Waals surface area contributed by atoms with Gasteiger partial charge in [0.05, 0.1) is 0 Å². The summed E-state index contributed by atoms with van der Waals surface area (Å²) in [4.78, 5) is 2.41. The molecule has 0 bridgehead atoms. The van der Waals surface area contributed by atoms with Gasteiger partial charge >= 0.3 is 0 Å². The first-order valence-electron chi connectivity index (χ1n) is 21.8. The highest BCUT2D eigenvalue weighted by Gasteiger charge is 2.43. The molecule has 0 aliphatic heterocycles. The lowest BCUT2D eigenvalue weighted by Gasteiger charge is -2.28. The normalized spacial score (nSPS) is 15.0. The van der Waals surface area contributed by atoms with Crippen LogP contribution < -0.4 is 4.90 Å². The minimum atomic E-state index is -0.205. The third-order valence-electron chi connectivity index (χ3n) is 13.7. The highest BCUT2D eigenvalue weighted by molar-refractivity contribution is 5.96. The molecule has 0 amide bonds. The number of benzene rings is 8. The highest BCUT2D eigenvalue weighted by Crippen LogP contribution is 2.59. The Hall–Kier alpha value is -6.96. The molecule has 0 heterocycles. The zero-order chi connectivity index (χ0) is 41.3. The van der Waals surface area contributed by atoms with Crippen LogP contribution in [0.1, 0.15) is 68.4 Å². The molecule has 0 N–H and O–H groups in total. The fourth-order valence-electron chi connectivity index (χ4n) is 10.5. The quantitative estimate of drug-likeness (QED) is 0.156. The van der Waals surface area contributed by atoms with E-state index in [4.69, 9.17) is 0 Å². The number of anilines is 3. The SMILES string of the molecule is CC1(C)c2cc(N(c3ccccc3)c3ccc(-c4ccc(C5=CCCC=C5)cc4)cc3)ccc2-c2cc3c(cc21)-c1cc(-c2ccccc2)cc(-c2ccccc2)c1C3(C)C. The standard InChI is InChI=1S/C60H49N/c1-59(2)55-37-49(61(47-23-15-8-16-24-47)48-31-29-44(30-32-48)43-27-25-42(26-28-43)40-17-9-5-10-18-40)33-34-50(55)52-38-57-53(39-56(52)59)54-36-46(41-19-11-6-12-20-41)35-51(58(54)60(57,3)4)45-21-13-7-14-22-45/h6-9,11-39H,5,10H2,1-4H3. The van der Waals surface area contributed by atoms with E-state index in [1.165, 1.54) is 89.0 Å². The van der Waals surface area contributed by atoms with E-state index in [9.17, 15) is 0 Å². The topological polar surface area (TPSA) is 3.24 Å². The lowest BCUT2D eigenvalue weighted by atomic mass is 9.77. The van der Waals surface area contributed by atoms with Crippen LogP contribution in [0.2, 0.25) is 0 Å². The van der Waals surface area contributed by atoms with Crippen LogP contribution in [0.15, 0.2) is 200 Å². The van der Waals surface area contributed by atoms with Gasteiger partial charge in [-0.2, -0.15) is 0 Å². The van der Waals surface area contributed by atoms with E-state index in [1.54, 1.807) is 0 Å². The summed E-state index contributed by atoms with van der Waals surface area (Å²) >= 11 is 0. The summed E-state index contributed by atoms with van der Waals surface area (Å²) in [7, 11) is 0. The summed E-state index contributed by atoms with van der Waals surface area (Å²) < 4.78 is 0. The Bertz CT molecular complexity index is 3020. The zero-order valence-corrected chi connectivity index (χ0v) is 35.4.